The van der Waals surface area contributed by atoms with E-state index in [0.29, 0.717) is 0 Å². The second kappa shape index (κ2) is 5.67. The molecule has 0 amide bonds. The van der Waals surface area contributed by atoms with Gasteiger partial charge in [0.2, 0.25) is 0 Å². The zero-order valence-corrected chi connectivity index (χ0v) is 11.3. The van der Waals surface area contributed by atoms with Gasteiger partial charge in [-0.05, 0) is 37.6 Å². The van der Waals surface area contributed by atoms with E-state index < -0.39 is 0 Å². The van der Waals surface area contributed by atoms with Crippen molar-refractivity contribution >= 4 is 0 Å². The lowest BCUT2D eigenvalue weighted by Crippen LogP contribution is -2.33. The molecule has 3 nitrogen and oxygen atoms in total. The van der Waals surface area contributed by atoms with Crippen molar-refractivity contribution in [2.45, 2.75) is 45.6 Å². The Kier molecular flexibility index (Phi) is 4.21. The van der Waals surface area contributed by atoms with E-state index in [2.05, 4.69) is 35.8 Å². The van der Waals surface area contributed by atoms with Gasteiger partial charge in [0.25, 0.3) is 0 Å². The highest BCUT2D eigenvalue weighted by atomic mass is 15.0. The van der Waals surface area contributed by atoms with Gasteiger partial charge in [0.05, 0.1) is 0 Å². The molecule has 0 spiro atoms. The topological polar surface area (TPSA) is 29.9 Å². The van der Waals surface area contributed by atoms with Gasteiger partial charge >= 0.3 is 0 Å². The van der Waals surface area contributed by atoms with Gasteiger partial charge in [0.15, 0.2) is 0 Å². The molecule has 3 atom stereocenters. The molecule has 1 N–H and O–H groups in total. The van der Waals surface area contributed by atoms with Crippen LogP contribution in [-0.4, -0.2) is 22.1 Å². The highest BCUT2D eigenvalue weighted by molar-refractivity contribution is 4.97. The maximum atomic E-state index is 4.44. The summed E-state index contributed by atoms with van der Waals surface area (Å²) in [5.74, 6) is 2.81. The molecule has 1 saturated carbocycles. The number of aromatic nitrogens is 2. The first-order valence-corrected chi connectivity index (χ1v) is 6.92. The summed E-state index contributed by atoms with van der Waals surface area (Å²) >= 11 is 0. The molecule has 3 heteroatoms. The fourth-order valence-electron chi connectivity index (χ4n) is 2.98. The van der Waals surface area contributed by atoms with Crippen LogP contribution >= 0.6 is 0 Å². The zero-order chi connectivity index (χ0) is 12.3. The van der Waals surface area contributed by atoms with Gasteiger partial charge < -0.3 is 9.88 Å². The van der Waals surface area contributed by atoms with Gasteiger partial charge in [-0.2, -0.15) is 0 Å². The number of aryl methyl sites for hydroxylation is 1. The van der Waals surface area contributed by atoms with Crippen molar-refractivity contribution in [1.29, 1.82) is 0 Å². The summed E-state index contributed by atoms with van der Waals surface area (Å²) in [5.41, 5.74) is 0. The number of hydrogen-bond acceptors (Lipinski definition) is 2. The van der Waals surface area contributed by atoms with E-state index in [0.717, 1.165) is 30.8 Å². The Morgan fingerprint density at radius 3 is 2.94 bits per heavy atom. The second-order valence-electron chi connectivity index (χ2n) is 5.42. The summed E-state index contributed by atoms with van der Waals surface area (Å²) in [5, 5.41) is 3.68. The number of nitrogens with one attached hydrogen (secondary N) is 1. The highest BCUT2D eigenvalue weighted by Gasteiger charge is 2.32. The quantitative estimate of drug-likeness (QED) is 0.849. The molecular weight excluding hydrogens is 210 g/mol. The zero-order valence-electron chi connectivity index (χ0n) is 11.3. The van der Waals surface area contributed by atoms with Gasteiger partial charge in [0.1, 0.15) is 5.82 Å². The van der Waals surface area contributed by atoms with E-state index in [9.17, 15) is 0 Å². The fraction of sp³-hybridized carbons (Fsp3) is 0.786. The molecule has 1 aromatic rings. The Morgan fingerprint density at radius 2 is 2.29 bits per heavy atom. The van der Waals surface area contributed by atoms with E-state index in [4.69, 9.17) is 0 Å². The number of imidazole rings is 1. The summed E-state index contributed by atoms with van der Waals surface area (Å²) in [7, 11) is 2.09. The van der Waals surface area contributed by atoms with Gasteiger partial charge in [-0.3, -0.25) is 0 Å². The molecule has 1 aliphatic carbocycles. The Hall–Kier alpha value is -0.830. The summed E-state index contributed by atoms with van der Waals surface area (Å²) < 4.78 is 2.15. The Labute approximate surface area is 105 Å². The monoisotopic (exact) mass is 235 g/mol. The van der Waals surface area contributed by atoms with E-state index in [1.165, 1.54) is 25.1 Å². The molecule has 17 heavy (non-hydrogen) atoms. The van der Waals surface area contributed by atoms with Crippen LogP contribution in [0, 0.1) is 11.8 Å². The van der Waals surface area contributed by atoms with Crippen molar-refractivity contribution in [3.8, 4) is 0 Å². The van der Waals surface area contributed by atoms with Crippen LogP contribution in [0.15, 0.2) is 12.4 Å². The van der Waals surface area contributed by atoms with Crippen molar-refractivity contribution < 1.29 is 0 Å². The summed E-state index contributed by atoms with van der Waals surface area (Å²) in [4.78, 5) is 4.44. The molecule has 3 unspecified atom stereocenters. The standard InChI is InChI=1S/C14H25N3/c1-4-7-15-13-6-5-12(11(13)2)10-14-16-8-9-17(14)3/h8-9,11-13,15H,4-7,10H2,1-3H3. The SMILES string of the molecule is CCCNC1CCC(Cc2nccn2C)C1C. The molecule has 96 valence electrons. The molecular formula is C14H25N3. The highest BCUT2D eigenvalue weighted by Crippen LogP contribution is 2.33. The lowest BCUT2D eigenvalue weighted by molar-refractivity contribution is 0.345. The van der Waals surface area contributed by atoms with Crippen LogP contribution in [0.4, 0.5) is 0 Å². The van der Waals surface area contributed by atoms with Crippen molar-refractivity contribution in [2.75, 3.05) is 6.54 Å². The summed E-state index contributed by atoms with van der Waals surface area (Å²) in [6.07, 6.45) is 8.98. The molecule has 0 radical (unpaired) electrons. The lowest BCUT2D eigenvalue weighted by Gasteiger charge is -2.21. The van der Waals surface area contributed by atoms with E-state index >= 15 is 0 Å². The smallest absolute Gasteiger partial charge is 0.108 e. The largest absolute Gasteiger partial charge is 0.338 e. The first-order valence-electron chi connectivity index (χ1n) is 6.92. The third-order valence-corrected chi connectivity index (χ3v) is 4.25. The van der Waals surface area contributed by atoms with Crippen LogP contribution in [0.1, 0.15) is 38.9 Å². The second-order valence-corrected chi connectivity index (χ2v) is 5.42. The van der Waals surface area contributed by atoms with Crippen LogP contribution in [0.2, 0.25) is 0 Å². The molecule has 1 aromatic heterocycles. The predicted molar refractivity (Wildman–Crippen MR) is 70.9 cm³/mol. The fourth-order valence-corrected chi connectivity index (χ4v) is 2.98. The van der Waals surface area contributed by atoms with Crippen LogP contribution in [0.25, 0.3) is 0 Å². The third-order valence-electron chi connectivity index (χ3n) is 4.25. The van der Waals surface area contributed by atoms with Crippen molar-refractivity contribution in [1.82, 2.24) is 14.9 Å². The minimum absolute atomic E-state index is 0.722. The molecule has 0 aromatic carbocycles. The maximum Gasteiger partial charge on any atom is 0.108 e. The summed E-state index contributed by atoms with van der Waals surface area (Å²) in [6.45, 7) is 5.79. The molecule has 0 saturated heterocycles. The first kappa shape index (κ1) is 12.6. The molecule has 0 aliphatic heterocycles. The van der Waals surface area contributed by atoms with E-state index in [-0.39, 0.29) is 0 Å². The minimum Gasteiger partial charge on any atom is -0.338 e. The number of nitrogens with zero attached hydrogens (tertiary/aromatic N) is 2. The lowest BCUT2D eigenvalue weighted by atomic mass is 9.92. The van der Waals surface area contributed by atoms with Gasteiger partial charge in [0, 0.05) is 31.9 Å². The predicted octanol–water partition coefficient (Wildman–Crippen LogP) is 2.38. The first-order chi connectivity index (χ1) is 8.22. The molecule has 1 aliphatic rings. The van der Waals surface area contributed by atoms with E-state index in [1.54, 1.807) is 0 Å². The molecule has 1 heterocycles. The average Bonchev–Trinajstić information content (AvgIpc) is 2.86. The average molecular weight is 235 g/mol. The van der Waals surface area contributed by atoms with Crippen molar-refractivity contribution in [2.24, 2.45) is 18.9 Å². The van der Waals surface area contributed by atoms with Crippen molar-refractivity contribution in [3.05, 3.63) is 18.2 Å². The number of hydrogen-bond donors (Lipinski definition) is 1. The Bertz CT molecular complexity index is 345. The Balaban J connectivity index is 1.89. The Morgan fingerprint density at radius 1 is 1.47 bits per heavy atom. The van der Waals surface area contributed by atoms with Crippen LogP contribution < -0.4 is 5.32 Å². The summed E-state index contributed by atoms with van der Waals surface area (Å²) in [6, 6.07) is 0.722. The third kappa shape index (κ3) is 2.89. The normalized spacial score (nSPS) is 28.8. The van der Waals surface area contributed by atoms with Crippen LogP contribution in [-0.2, 0) is 13.5 Å². The van der Waals surface area contributed by atoms with Crippen LogP contribution in [0.3, 0.4) is 0 Å². The van der Waals surface area contributed by atoms with Gasteiger partial charge in [-0.25, -0.2) is 4.98 Å². The maximum absolute atomic E-state index is 4.44. The molecule has 1 fully saturated rings. The minimum atomic E-state index is 0.722. The van der Waals surface area contributed by atoms with Crippen LogP contribution in [0.5, 0.6) is 0 Å². The van der Waals surface area contributed by atoms with Crippen molar-refractivity contribution in [3.63, 3.8) is 0 Å². The molecule has 0 bridgehead atoms. The van der Waals surface area contributed by atoms with Gasteiger partial charge in [-0.1, -0.05) is 13.8 Å². The van der Waals surface area contributed by atoms with Gasteiger partial charge in [-0.15, -0.1) is 0 Å². The number of rotatable bonds is 5. The van der Waals surface area contributed by atoms with E-state index in [1.807, 2.05) is 12.4 Å². The molecule has 2 rings (SSSR count).